The third kappa shape index (κ3) is 3.49. The Morgan fingerprint density at radius 2 is 1.95 bits per heavy atom. The molecule has 2 aliphatic rings. The Labute approximate surface area is 127 Å². The zero-order valence-electron chi connectivity index (χ0n) is 12.6. The maximum Gasteiger partial charge on any atom is 0.242 e. The predicted molar refractivity (Wildman–Crippen MR) is 82.6 cm³/mol. The van der Waals surface area contributed by atoms with Gasteiger partial charge in [0.2, 0.25) is 10.0 Å². The molecule has 0 spiro atoms. The first-order valence-electron chi connectivity index (χ1n) is 7.95. The van der Waals surface area contributed by atoms with Crippen molar-refractivity contribution in [3.63, 3.8) is 0 Å². The van der Waals surface area contributed by atoms with Crippen molar-refractivity contribution in [1.29, 1.82) is 0 Å². The summed E-state index contributed by atoms with van der Waals surface area (Å²) in [5, 5.41) is 3.11. The van der Waals surface area contributed by atoms with Crippen molar-refractivity contribution in [3.8, 4) is 0 Å². The highest BCUT2D eigenvalue weighted by Crippen LogP contribution is 2.37. The molecule has 1 aromatic rings. The average molecular weight is 311 g/mol. The van der Waals surface area contributed by atoms with Crippen LogP contribution in [0.4, 0.5) is 0 Å². The van der Waals surface area contributed by atoms with Crippen molar-refractivity contribution in [2.45, 2.75) is 56.0 Å². The molecule has 2 fully saturated rings. The lowest BCUT2D eigenvalue weighted by atomic mass is 10.1. The second kappa shape index (κ2) is 6.10. The van der Waals surface area contributed by atoms with Gasteiger partial charge in [0.15, 0.2) is 0 Å². The minimum Gasteiger partial charge on any atom is -0.346 e. The molecule has 6 heteroatoms. The largest absolute Gasteiger partial charge is 0.346 e. The summed E-state index contributed by atoms with van der Waals surface area (Å²) < 4.78 is 29.8. The zero-order valence-corrected chi connectivity index (χ0v) is 13.5. The van der Waals surface area contributed by atoms with E-state index in [1.807, 2.05) is 13.1 Å². The van der Waals surface area contributed by atoms with E-state index in [0.717, 1.165) is 31.4 Å². The first kappa shape index (κ1) is 15.1. The zero-order chi connectivity index (χ0) is 14.9. The molecule has 0 radical (unpaired) electrons. The van der Waals surface area contributed by atoms with Gasteiger partial charge >= 0.3 is 0 Å². The van der Waals surface area contributed by atoms with Crippen molar-refractivity contribution in [2.24, 2.45) is 5.92 Å². The molecule has 0 aliphatic heterocycles. The Morgan fingerprint density at radius 1 is 1.24 bits per heavy atom. The van der Waals surface area contributed by atoms with Gasteiger partial charge < -0.3 is 9.88 Å². The molecule has 5 nitrogen and oxygen atoms in total. The van der Waals surface area contributed by atoms with Gasteiger partial charge in [-0.3, -0.25) is 0 Å². The smallest absolute Gasteiger partial charge is 0.242 e. The van der Waals surface area contributed by atoms with Gasteiger partial charge in [-0.15, -0.1) is 0 Å². The highest BCUT2D eigenvalue weighted by Gasteiger charge is 2.28. The van der Waals surface area contributed by atoms with Crippen molar-refractivity contribution in [2.75, 3.05) is 13.6 Å². The summed E-state index contributed by atoms with van der Waals surface area (Å²) in [5.74, 6) is 0.516. The molecule has 0 atom stereocenters. The average Bonchev–Trinajstić information content (AvgIpc) is 3.00. The lowest BCUT2D eigenvalue weighted by Crippen LogP contribution is -2.28. The first-order chi connectivity index (χ1) is 10.1. The van der Waals surface area contributed by atoms with Gasteiger partial charge in [0, 0.05) is 31.0 Å². The highest BCUT2D eigenvalue weighted by molar-refractivity contribution is 7.89. The Morgan fingerprint density at radius 3 is 2.57 bits per heavy atom. The SMILES string of the molecule is CNCc1cc(S(=O)(=O)NCC2CCCC2)cn1C1CC1. The van der Waals surface area contributed by atoms with E-state index >= 15 is 0 Å². The molecule has 2 saturated carbocycles. The molecule has 2 N–H and O–H groups in total. The summed E-state index contributed by atoms with van der Waals surface area (Å²) in [6, 6.07) is 2.30. The van der Waals surface area contributed by atoms with Crippen LogP contribution >= 0.6 is 0 Å². The van der Waals surface area contributed by atoms with Crippen molar-refractivity contribution >= 4 is 10.0 Å². The van der Waals surface area contributed by atoms with Crippen LogP contribution in [0.1, 0.15) is 50.3 Å². The standard InChI is InChI=1S/C15H25N3O2S/c1-16-10-14-8-15(11-18(14)13-6-7-13)21(19,20)17-9-12-4-2-3-5-12/h8,11-13,16-17H,2-7,9-10H2,1H3. The van der Waals surface area contributed by atoms with Crippen LogP contribution in [0.5, 0.6) is 0 Å². The van der Waals surface area contributed by atoms with E-state index in [1.54, 1.807) is 6.20 Å². The van der Waals surface area contributed by atoms with Crippen LogP contribution in [0, 0.1) is 5.92 Å². The Hall–Kier alpha value is -0.850. The van der Waals surface area contributed by atoms with Crippen molar-refractivity contribution in [1.82, 2.24) is 14.6 Å². The minimum atomic E-state index is -3.37. The summed E-state index contributed by atoms with van der Waals surface area (Å²) >= 11 is 0. The number of nitrogens with zero attached hydrogens (tertiary/aromatic N) is 1. The summed E-state index contributed by atoms with van der Waals surface area (Å²) in [6.07, 6.45) is 8.88. The fourth-order valence-electron chi connectivity index (χ4n) is 3.18. The van der Waals surface area contributed by atoms with Gasteiger partial charge in [-0.25, -0.2) is 13.1 Å². The molecule has 1 heterocycles. The van der Waals surface area contributed by atoms with E-state index in [2.05, 4.69) is 14.6 Å². The van der Waals surface area contributed by atoms with Gasteiger partial charge in [0.1, 0.15) is 0 Å². The quantitative estimate of drug-likeness (QED) is 0.810. The summed E-state index contributed by atoms with van der Waals surface area (Å²) in [6.45, 7) is 1.28. The van der Waals surface area contributed by atoms with E-state index in [9.17, 15) is 8.42 Å². The van der Waals surface area contributed by atoms with Crippen LogP contribution < -0.4 is 10.0 Å². The second-order valence-electron chi connectivity index (χ2n) is 6.34. The molecule has 118 valence electrons. The van der Waals surface area contributed by atoms with Crippen LogP contribution in [0.25, 0.3) is 0 Å². The third-order valence-corrected chi connectivity index (χ3v) is 5.94. The van der Waals surface area contributed by atoms with Crippen molar-refractivity contribution in [3.05, 3.63) is 18.0 Å². The summed E-state index contributed by atoms with van der Waals surface area (Å²) in [5.41, 5.74) is 1.06. The lowest BCUT2D eigenvalue weighted by Gasteiger charge is -2.10. The van der Waals surface area contributed by atoms with Crippen LogP contribution in [-0.4, -0.2) is 26.6 Å². The van der Waals surface area contributed by atoms with Crippen LogP contribution in [-0.2, 0) is 16.6 Å². The monoisotopic (exact) mass is 311 g/mol. The molecule has 0 aromatic carbocycles. The molecule has 0 saturated heterocycles. The molecular formula is C15H25N3O2S. The summed E-state index contributed by atoms with van der Waals surface area (Å²) in [4.78, 5) is 0.414. The maximum absolute atomic E-state index is 12.5. The number of rotatable bonds is 7. The van der Waals surface area contributed by atoms with Gasteiger partial charge in [-0.2, -0.15) is 0 Å². The van der Waals surface area contributed by atoms with E-state index in [-0.39, 0.29) is 0 Å². The normalized spacial score (nSPS) is 20.2. The number of nitrogens with one attached hydrogen (secondary N) is 2. The molecule has 0 amide bonds. The Bertz CT molecular complexity index is 584. The predicted octanol–water partition coefficient (Wildman–Crippen LogP) is 2.01. The van der Waals surface area contributed by atoms with Crippen LogP contribution in [0.15, 0.2) is 17.2 Å². The van der Waals surface area contributed by atoms with Gasteiger partial charge in [0.05, 0.1) is 4.90 Å². The minimum absolute atomic E-state index is 0.414. The van der Waals surface area contributed by atoms with Crippen molar-refractivity contribution < 1.29 is 8.42 Å². The van der Waals surface area contributed by atoms with Crippen LogP contribution in [0.3, 0.4) is 0 Å². The molecule has 2 aliphatic carbocycles. The molecule has 0 bridgehead atoms. The Kier molecular flexibility index (Phi) is 4.38. The summed E-state index contributed by atoms with van der Waals surface area (Å²) in [7, 11) is -1.49. The fourth-order valence-corrected chi connectivity index (χ4v) is 4.35. The molecule has 0 unspecified atom stereocenters. The van der Waals surface area contributed by atoms with E-state index in [1.165, 1.54) is 12.8 Å². The van der Waals surface area contributed by atoms with Gasteiger partial charge in [-0.1, -0.05) is 12.8 Å². The van der Waals surface area contributed by atoms with E-state index in [4.69, 9.17) is 0 Å². The van der Waals surface area contributed by atoms with Crippen LogP contribution in [0.2, 0.25) is 0 Å². The number of hydrogen-bond donors (Lipinski definition) is 2. The number of hydrogen-bond acceptors (Lipinski definition) is 3. The van der Waals surface area contributed by atoms with Gasteiger partial charge in [-0.05, 0) is 44.7 Å². The number of sulfonamides is 1. The maximum atomic E-state index is 12.5. The molecule has 21 heavy (non-hydrogen) atoms. The topological polar surface area (TPSA) is 63.1 Å². The highest BCUT2D eigenvalue weighted by atomic mass is 32.2. The molecule has 3 rings (SSSR count). The lowest BCUT2D eigenvalue weighted by molar-refractivity contribution is 0.519. The fraction of sp³-hybridized carbons (Fsp3) is 0.733. The second-order valence-corrected chi connectivity index (χ2v) is 8.11. The number of aromatic nitrogens is 1. The third-order valence-electron chi connectivity index (χ3n) is 4.55. The van der Waals surface area contributed by atoms with E-state index < -0.39 is 10.0 Å². The van der Waals surface area contributed by atoms with E-state index in [0.29, 0.717) is 29.9 Å². The van der Waals surface area contributed by atoms with Gasteiger partial charge in [0.25, 0.3) is 0 Å². The Balaban J connectivity index is 1.73. The first-order valence-corrected chi connectivity index (χ1v) is 9.43. The molecule has 1 aromatic heterocycles. The molecular weight excluding hydrogens is 286 g/mol.